The zero-order valence-corrected chi connectivity index (χ0v) is 8.68. The number of ketones is 2. The molecule has 3 atom stereocenters. The van der Waals surface area contributed by atoms with E-state index in [1.807, 2.05) is 0 Å². The van der Waals surface area contributed by atoms with E-state index in [9.17, 15) is 9.59 Å². The zero-order valence-electron chi connectivity index (χ0n) is 13.7. The molecule has 2 rings (SSSR count). The van der Waals surface area contributed by atoms with Crippen LogP contribution < -0.4 is 0 Å². The Morgan fingerprint density at radius 2 is 2.29 bits per heavy atom. The van der Waals surface area contributed by atoms with Crippen molar-refractivity contribution in [3.05, 3.63) is 0 Å². The minimum Gasteiger partial charge on any atom is -0.299 e. The summed E-state index contributed by atoms with van der Waals surface area (Å²) in [5.41, 5.74) is -2.22. The zero-order chi connectivity index (χ0) is 15.0. The Hall–Kier alpha value is -0.660. The second kappa shape index (κ2) is 2.47. The van der Waals surface area contributed by atoms with Crippen LogP contribution in [0.4, 0.5) is 0 Å². The fourth-order valence-corrected chi connectivity index (χ4v) is 2.98. The predicted molar refractivity (Wildman–Crippen MR) is 53.8 cm³/mol. The molecule has 0 N–H and O–H groups in total. The van der Waals surface area contributed by atoms with E-state index in [-0.39, 0.29) is 12.3 Å². The van der Waals surface area contributed by atoms with Gasteiger partial charge in [0.2, 0.25) is 0 Å². The van der Waals surface area contributed by atoms with Gasteiger partial charge in [-0.1, -0.05) is 20.8 Å². The Labute approximate surface area is 92.1 Å². The highest BCUT2D eigenvalue weighted by Gasteiger charge is 2.71. The summed E-state index contributed by atoms with van der Waals surface area (Å²) in [6, 6.07) is 0. The molecule has 78 valence electrons. The smallest absolute Gasteiger partial charge is 0.137 e. The van der Waals surface area contributed by atoms with Crippen LogP contribution in [0.1, 0.15) is 47.3 Å². The molecule has 2 aliphatic carbocycles. The lowest BCUT2D eigenvalue weighted by atomic mass is 9.70. The Kier molecular flexibility index (Phi) is 0.959. The maximum Gasteiger partial charge on any atom is 0.137 e. The van der Waals surface area contributed by atoms with Crippen LogP contribution in [0.15, 0.2) is 0 Å². The summed E-state index contributed by atoms with van der Waals surface area (Å²) < 4.78 is 37.7. The Balaban J connectivity index is 2.48. The fraction of sp³-hybridized carbons (Fsp3) is 0.833. The maximum absolute atomic E-state index is 12.2. The summed E-state index contributed by atoms with van der Waals surface area (Å²) in [7, 11) is 0. The van der Waals surface area contributed by atoms with Crippen molar-refractivity contribution >= 4 is 11.6 Å². The molecule has 3 unspecified atom stereocenters. The lowest BCUT2D eigenvalue weighted by molar-refractivity contribution is -0.133. The highest BCUT2D eigenvalue weighted by Crippen LogP contribution is 2.68. The number of carbonyl (C=O) groups excluding carboxylic acids is 2. The van der Waals surface area contributed by atoms with E-state index < -0.39 is 41.5 Å². The number of Topliss-reactive ketones (excluding diaryl/α,β-unsaturated/α-hetero) is 2. The van der Waals surface area contributed by atoms with Crippen molar-refractivity contribution in [3.8, 4) is 0 Å². The molecule has 0 aromatic heterocycles. The normalized spacial score (nSPS) is 54.2. The van der Waals surface area contributed by atoms with Gasteiger partial charge in [-0.3, -0.25) is 9.59 Å². The Bertz CT molecular complexity index is 465. The minimum absolute atomic E-state index is 0.113. The first-order chi connectivity index (χ1) is 8.30. The van der Waals surface area contributed by atoms with Gasteiger partial charge in [0.1, 0.15) is 11.6 Å². The van der Waals surface area contributed by atoms with Crippen LogP contribution in [0.2, 0.25) is 0 Å². The Morgan fingerprint density at radius 1 is 1.64 bits per heavy atom. The molecule has 0 heterocycles. The van der Waals surface area contributed by atoms with Gasteiger partial charge in [-0.2, -0.15) is 0 Å². The van der Waals surface area contributed by atoms with Gasteiger partial charge < -0.3 is 0 Å². The van der Waals surface area contributed by atoms with Crippen molar-refractivity contribution in [2.24, 2.45) is 22.7 Å². The van der Waals surface area contributed by atoms with Crippen LogP contribution in [0.3, 0.4) is 0 Å². The molecular weight excluding hydrogens is 176 g/mol. The maximum atomic E-state index is 12.2. The molecule has 0 aromatic carbocycles. The first-order valence-electron chi connectivity index (χ1n) is 7.39. The summed E-state index contributed by atoms with van der Waals surface area (Å²) >= 11 is 0. The monoisotopic (exact) mass is 199 g/mol. The first-order valence-corrected chi connectivity index (χ1v) is 4.89. The first kappa shape index (κ1) is 5.43. The molecule has 14 heavy (non-hydrogen) atoms. The molecule has 0 saturated heterocycles. The van der Waals surface area contributed by atoms with Crippen molar-refractivity contribution in [2.45, 2.75) is 40.4 Å². The molecule has 2 nitrogen and oxygen atoms in total. The minimum atomic E-state index is -2.73. The van der Waals surface area contributed by atoms with E-state index >= 15 is 0 Å². The number of hydrogen-bond acceptors (Lipinski definition) is 2. The second-order valence-corrected chi connectivity index (χ2v) is 5.19. The van der Waals surface area contributed by atoms with Gasteiger partial charge in [0, 0.05) is 24.6 Å². The van der Waals surface area contributed by atoms with E-state index in [1.54, 1.807) is 20.8 Å². The molecule has 0 amide bonds. The van der Waals surface area contributed by atoms with Gasteiger partial charge in [0.05, 0.1) is 0 Å². The Morgan fingerprint density at radius 3 is 2.86 bits per heavy atom. The van der Waals surface area contributed by atoms with E-state index in [0.29, 0.717) is 0 Å². The topological polar surface area (TPSA) is 34.1 Å². The third-order valence-corrected chi connectivity index (χ3v) is 3.66. The van der Waals surface area contributed by atoms with Crippen molar-refractivity contribution in [2.75, 3.05) is 0 Å². The molecule has 2 saturated carbocycles. The van der Waals surface area contributed by atoms with E-state index in [2.05, 4.69) is 0 Å². The third kappa shape index (κ3) is 1.03. The van der Waals surface area contributed by atoms with Gasteiger partial charge in [-0.25, -0.2) is 0 Å². The summed E-state index contributed by atoms with van der Waals surface area (Å²) in [6.45, 7) is 2.11. The number of hydrogen-bond donors (Lipinski definition) is 0. The molecule has 2 heteroatoms. The molecule has 0 aromatic rings. The number of rotatable bonds is 1. The number of fused-ring (bicyclic) bond motifs is 1. The highest BCUT2D eigenvalue weighted by molar-refractivity contribution is 5.99. The lowest BCUT2D eigenvalue weighted by Gasteiger charge is -2.33. The SMILES string of the molecule is [2H]C([2H])([2H])C(=O)C12CC(C)(C)C([2H])([2H])C(=O)C1C2C. The van der Waals surface area contributed by atoms with Crippen LogP contribution >= 0.6 is 0 Å². The third-order valence-electron chi connectivity index (χ3n) is 3.66. The molecule has 2 fully saturated rings. The molecular formula is C12H18O2. The summed E-state index contributed by atoms with van der Waals surface area (Å²) in [4.78, 5) is 24.4. The van der Waals surface area contributed by atoms with E-state index in [1.165, 1.54) is 0 Å². The van der Waals surface area contributed by atoms with Crippen LogP contribution in [-0.2, 0) is 9.59 Å². The van der Waals surface area contributed by atoms with E-state index in [0.717, 1.165) is 0 Å². The average Bonchev–Trinajstić information content (AvgIpc) is 2.78. The van der Waals surface area contributed by atoms with Crippen LogP contribution in [0, 0.1) is 22.7 Å². The lowest BCUT2D eigenvalue weighted by Crippen LogP contribution is -2.34. The molecule has 0 bridgehead atoms. The van der Waals surface area contributed by atoms with Gasteiger partial charge >= 0.3 is 0 Å². The summed E-state index contributed by atoms with van der Waals surface area (Å²) in [6.07, 6.45) is -1.90. The predicted octanol–water partition coefficient (Wildman–Crippen LogP) is 2.22. The summed E-state index contributed by atoms with van der Waals surface area (Å²) in [5.74, 6) is -2.66. The fourth-order valence-electron chi connectivity index (χ4n) is 2.98. The van der Waals surface area contributed by atoms with Crippen molar-refractivity contribution < 1.29 is 16.4 Å². The van der Waals surface area contributed by atoms with Gasteiger partial charge in [-0.15, -0.1) is 0 Å². The van der Waals surface area contributed by atoms with Crippen LogP contribution in [-0.4, -0.2) is 11.6 Å². The largest absolute Gasteiger partial charge is 0.299 e. The molecule has 0 spiro atoms. The van der Waals surface area contributed by atoms with Crippen molar-refractivity contribution in [1.82, 2.24) is 0 Å². The molecule has 2 aliphatic rings. The van der Waals surface area contributed by atoms with Crippen molar-refractivity contribution in [3.63, 3.8) is 0 Å². The second-order valence-electron chi connectivity index (χ2n) is 5.19. The molecule has 0 aliphatic heterocycles. The highest BCUT2D eigenvalue weighted by atomic mass is 16.1. The van der Waals surface area contributed by atoms with Gasteiger partial charge in [0.25, 0.3) is 0 Å². The van der Waals surface area contributed by atoms with Crippen molar-refractivity contribution in [1.29, 1.82) is 0 Å². The van der Waals surface area contributed by atoms with Crippen LogP contribution in [0.5, 0.6) is 0 Å². The molecule has 0 radical (unpaired) electrons. The van der Waals surface area contributed by atoms with Crippen LogP contribution in [0.25, 0.3) is 0 Å². The van der Waals surface area contributed by atoms with Gasteiger partial charge in [0.15, 0.2) is 0 Å². The average molecular weight is 199 g/mol. The standard InChI is InChI=1S/C12H18O2/c1-7-10-9(14)5-11(3,4)6-12(7,10)8(2)13/h7,10H,5-6H2,1-4H3/i2D3,5D2. The van der Waals surface area contributed by atoms with Gasteiger partial charge in [-0.05, 0) is 24.6 Å². The number of carbonyl (C=O) groups is 2. The quantitative estimate of drug-likeness (QED) is 0.649. The van der Waals surface area contributed by atoms with E-state index in [4.69, 9.17) is 6.85 Å². The summed E-state index contributed by atoms with van der Waals surface area (Å²) in [5, 5.41) is 0.